The summed E-state index contributed by atoms with van der Waals surface area (Å²) in [6, 6.07) is -1.15. The molecule has 3 aliphatic heterocycles. The summed E-state index contributed by atoms with van der Waals surface area (Å²) in [6.07, 6.45) is 12.8. The van der Waals surface area contributed by atoms with Crippen molar-refractivity contribution >= 4 is 29.2 Å². The van der Waals surface area contributed by atoms with Crippen LogP contribution >= 0.6 is 0 Å². The van der Waals surface area contributed by atoms with E-state index in [1.165, 1.54) is 4.90 Å². The van der Waals surface area contributed by atoms with E-state index in [0.29, 0.717) is 63.4 Å². The van der Waals surface area contributed by atoms with E-state index in [1.807, 2.05) is 51.2 Å². The van der Waals surface area contributed by atoms with Crippen molar-refractivity contribution in [2.24, 2.45) is 41.4 Å². The number of carbonyl (C=O) groups excluding carboxylic acids is 5. The Hall–Kier alpha value is -3.41. The van der Waals surface area contributed by atoms with Gasteiger partial charge in [0.05, 0.1) is 56.3 Å². The van der Waals surface area contributed by atoms with Gasteiger partial charge in [-0.25, -0.2) is 4.79 Å². The van der Waals surface area contributed by atoms with Crippen molar-refractivity contribution in [3.63, 3.8) is 0 Å². The van der Waals surface area contributed by atoms with Gasteiger partial charge in [-0.05, 0) is 107 Å². The van der Waals surface area contributed by atoms with Gasteiger partial charge in [0.15, 0.2) is 0 Å². The Labute approximate surface area is 404 Å². The number of hydrogen-bond acceptors (Lipinski definition) is 14. The molecular weight excluding hydrogens is 875 g/mol. The van der Waals surface area contributed by atoms with Crippen LogP contribution in [-0.4, -0.2) is 144 Å². The SMILES string of the molecule is CO[C@H]1C[C@@H]2CC[C@@H](C)[C@@](O)(O2)C(=O)C(=O)N2CCCC[C@H]2C(=O)O[C@H]([C@H](C)C[C@@H]2CC[C@@H](OCCO)[C@H](OC)C2)CC(=O)[C@H](C)/C=C(\C)[C@@H](O)[C@@H](CO)C(=O)[C@H](C)C[C@H](C)/C=C/C=CC=C1C. The number of rotatable bonds is 9. The molecule has 0 spiro atoms. The van der Waals surface area contributed by atoms with E-state index in [1.54, 1.807) is 48.0 Å². The molecule has 2 saturated heterocycles. The third-order valence-electron chi connectivity index (χ3n) is 15.0. The van der Waals surface area contributed by atoms with Gasteiger partial charge in [0.25, 0.3) is 11.7 Å². The van der Waals surface area contributed by atoms with Crippen LogP contribution in [0.1, 0.15) is 126 Å². The van der Waals surface area contributed by atoms with E-state index < -0.39 is 84.2 Å². The summed E-state index contributed by atoms with van der Waals surface area (Å²) in [7, 11) is 3.19. The van der Waals surface area contributed by atoms with Gasteiger partial charge in [-0.3, -0.25) is 19.2 Å². The fourth-order valence-electron chi connectivity index (χ4n) is 10.6. The van der Waals surface area contributed by atoms with Gasteiger partial charge in [-0.15, -0.1) is 0 Å². The monoisotopic (exact) mass is 958 g/mol. The number of aliphatic hydroxyl groups is 4. The van der Waals surface area contributed by atoms with Gasteiger partial charge in [-0.1, -0.05) is 71.1 Å². The summed E-state index contributed by atoms with van der Waals surface area (Å²) < 4.78 is 29.9. The predicted molar refractivity (Wildman–Crippen MR) is 256 cm³/mol. The lowest BCUT2D eigenvalue weighted by atomic mass is 9.78. The average Bonchev–Trinajstić information content (AvgIpc) is 3.32. The van der Waals surface area contributed by atoms with E-state index >= 15 is 0 Å². The highest BCUT2D eigenvalue weighted by Gasteiger charge is 2.53. The highest BCUT2D eigenvalue weighted by atomic mass is 16.6. The van der Waals surface area contributed by atoms with Gasteiger partial charge >= 0.3 is 5.97 Å². The molecule has 15 heteroatoms. The number of Topliss-reactive ketones (excluding diaryl/α,β-unsaturated/α-hetero) is 3. The number of piperidine rings is 1. The van der Waals surface area contributed by atoms with Gasteiger partial charge in [0.1, 0.15) is 23.7 Å². The Bertz CT molecular complexity index is 1810. The van der Waals surface area contributed by atoms with Gasteiger partial charge in [0, 0.05) is 51.4 Å². The first-order valence-corrected chi connectivity index (χ1v) is 25.1. The maximum Gasteiger partial charge on any atom is 0.329 e. The molecule has 0 aromatic carbocycles. The largest absolute Gasteiger partial charge is 0.460 e. The summed E-state index contributed by atoms with van der Waals surface area (Å²) in [5, 5.41) is 43.1. The zero-order chi connectivity index (χ0) is 50.3. The number of nitrogens with zero attached hydrogens (tertiary/aromatic N) is 1. The second-order valence-electron chi connectivity index (χ2n) is 20.3. The molecular formula is C53H83NO14. The normalized spacial score (nSPS) is 37.9. The number of ether oxygens (including phenoxy) is 5. The summed E-state index contributed by atoms with van der Waals surface area (Å²) in [5.74, 6) is -9.26. The van der Waals surface area contributed by atoms with Crippen molar-refractivity contribution in [3.8, 4) is 0 Å². The number of allylic oxidation sites excluding steroid dienone is 6. The lowest BCUT2D eigenvalue weighted by Crippen LogP contribution is -2.61. The lowest BCUT2D eigenvalue weighted by molar-refractivity contribution is -0.265. The molecule has 1 amide bonds. The Morgan fingerprint density at radius 2 is 1.60 bits per heavy atom. The molecule has 1 aliphatic carbocycles. The van der Waals surface area contributed by atoms with Gasteiger partial charge in [0.2, 0.25) is 5.79 Å². The zero-order valence-electron chi connectivity index (χ0n) is 42.2. The van der Waals surface area contributed by atoms with Crippen LogP contribution in [0.3, 0.4) is 0 Å². The molecule has 384 valence electrons. The van der Waals surface area contributed by atoms with E-state index in [4.69, 9.17) is 23.7 Å². The predicted octanol–water partition coefficient (Wildman–Crippen LogP) is 5.79. The molecule has 4 rings (SSSR count). The first kappa shape index (κ1) is 57.2. The van der Waals surface area contributed by atoms with Crippen molar-refractivity contribution in [2.75, 3.05) is 40.6 Å². The minimum Gasteiger partial charge on any atom is -0.460 e. The molecule has 0 aromatic heterocycles. The van der Waals surface area contributed by atoms with Crippen molar-refractivity contribution in [3.05, 3.63) is 47.6 Å². The molecule has 15 nitrogen and oxygen atoms in total. The molecule has 68 heavy (non-hydrogen) atoms. The molecule has 15 atom stereocenters. The van der Waals surface area contributed by atoms with Crippen LogP contribution in [0.25, 0.3) is 0 Å². The topological polar surface area (TPSA) is 216 Å². The molecule has 3 heterocycles. The number of fused-ring (bicyclic) bond motifs is 3. The molecule has 0 unspecified atom stereocenters. The fraction of sp³-hybridized carbons (Fsp3) is 0.755. The number of carbonyl (C=O) groups is 5. The third kappa shape index (κ3) is 15.3. The van der Waals surface area contributed by atoms with Crippen LogP contribution in [0, 0.1) is 41.4 Å². The molecule has 4 aliphatic rings. The third-order valence-corrected chi connectivity index (χ3v) is 15.0. The Morgan fingerprint density at radius 3 is 2.28 bits per heavy atom. The van der Waals surface area contributed by atoms with Crippen LogP contribution in [0.4, 0.5) is 0 Å². The standard InChI is InChI=1S/C53H83NO14/c1-32-15-11-10-12-16-33(2)45(64-8)29-40-20-18-38(7)53(63,68-40)50(60)51(61)54-22-14-13-17-42(54)52(62)67-46(35(4)27-39-19-21-44(66-24-23-55)47(28-39)65-9)30-43(57)34(3)26-37(6)49(59)41(31-56)48(58)36(5)25-32/h10-12,15-16,26,32,34-36,38-42,44-47,49,55-56,59,63H,13-14,17-25,27-31H2,1-9H3/b12-10?,15-11+,33-16?,37-26+/t32-,34-,35-,36-,38-,39+,40+,41+,42+,44-,45+,46+,47-,49-,53-/m1/s1. The first-order valence-electron chi connectivity index (χ1n) is 25.1. The fourth-order valence-corrected chi connectivity index (χ4v) is 10.6. The number of aliphatic hydroxyl groups excluding tert-OH is 3. The van der Waals surface area contributed by atoms with Crippen molar-refractivity contribution in [2.45, 2.75) is 174 Å². The minimum atomic E-state index is -2.44. The molecule has 2 bridgehead atoms. The number of esters is 1. The second kappa shape index (κ2) is 27.3. The maximum absolute atomic E-state index is 14.4. The van der Waals surface area contributed by atoms with Crippen LogP contribution < -0.4 is 0 Å². The van der Waals surface area contributed by atoms with Crippen molar-refractivity contribution in [1.29, 1.82) is 0 Å². The van der Waals surface area contributed by atoms with Crippen molar-refractivity contribution < 1.29 is 68.1 Å². The Morgan fingerprint density at radius 1 is 0.868 bits per heavy atom. The van der Waals surface area contributed by atoms with Crippen LogP contribution in [-0.2, 0) is 47.7 Å². The van der Waals surface area contributed by atoms with Gasteiger partial charge in [-0.2, -0.15) is 0 Å². The van der Waals surface area contributed by atoms with Crippen molar-refractivity contribution in [1.82, 2.24) is 4.90 Å². The van der Waals surface area contributed by atoms with E-state index in [0.717, 1.165) is 12.0 Å². The molecule has 1 saturated carbocycles. The van der Waals surface area contributed by atoms with Crippen LogP contribution in [0.2, 0.25) is 0 Å². The molecule has 0 aromatic rings. The van der Waals surface area contributed by atoms with E-state index in [-0.39, 0.29) is 74.1 Å². The molecule has 4 N–H and O–H groups in total. The average molecular weight is 958 g/mol. The quantitative estimate of drug-likeness (QED) is 0.122. The maximum atomic E-state index is 14.4. The summed E-state index contributed by atoms with van der Waals surface area (Å²) >= 11 is 0. The Balaban J connectivity index is 1.70. The summed E-state index contributed by atoms with van der Waals surface area (Å²) in [4.78, 5) is 72.0. The van der Waals surface area contributed by atoms with Gasteiger partial charge < -0.3 is 49.0 Å². The van der Waals surface area contributed by atoms with Crippen LogP contribution in [0.15, 0.2) is 47.6 Å². The highest BCUT2D eigenvalue weighted by Crippen LogP contribution is 2.38. The smallest absolute Gasteiger partial charge is 0.329 e. The summed E-state index contributed by atoms with van der Waals surface area (Å²) in [5.41, 5.74) is 1.22. The number of hydrogen-bond donors (Lipinski definition) is 4. The molecule has 3 fully saturated rings. The second-order valence-corrected chi connectivity index (χ2v) is 20.3. The first-order chi connectivity index (χ1) is 32.3. The highest BCUT2D eigenvalue weighted by molar-refractivity contribution is 6.39. The number of methoxy groups -OCH3 is 2. The van der Waals surface area contributed by atoms with E-state index in [2.05, 4.69) is 0 Å². The minimum absolute atomic E-state index is 0.0103. The van der Waals surface area contributed by atoms with E-state index in [9.17, 15) is 44.4 Å². The number of cyclic esters (lactones) is 1. The summed E-state index contributed by atoms with van der Waals surface area (Å²) in [6.45, 7) is 12.1. The number of amides is 1. The number of ketones is 3. The lowest BCUT2D eigenvalue weighted by Gasteiger charge is -2.42. The Kier molecular flexibility index (Phi) is 22.9. The van der Waals surface area contributed by atoms with Crippen LogP contribution in [0.5, 0.6) is 0 Å². The molecule has 0 radical (unpaired) electrons. The zero-order valence-corrected chi connectivity index (χ0v) is 42.2.